The molecule has 0 rings (SSSR count). The van der Waals surface area contributed by atoms with Gasteiger partial charge in [0.1, 0.15) is 12.6 Å². The van der Waals surface area contributed by atoms with Crippen molar-refractivity contribution in [1.29, 1.82) is 0 Å². The fourth-order valence-corrected chi connectivity index (χ4v) is 5.26. The monoisotopic (exact) mass is 778 g/mol. The van der Waals surface area contributed by atoms with E-state index >= 15 is 0 Å². The Morgan fingerprint density at radius 1 is 0.571 bits per heavy atom. The van der Waals surface area contributed by atoms with Crippen LogP contribution in [0.3, 0.4) is 0 Å². The average molecular weight is 778 g/mol. The van der Waals surface area contributed by atoms with Crippen LogP contribution >= 0.6 is 0 Å². The van der Waals surface area contributed by atoms with Crippen LogP contribution in [0.15, 0.2) is 109 Å². The van der Waals surface area contributed by atoms with Crippen LogP contribution in [0.2, 0.25) is 0 Å². The van der Waals surface area contributed by atoms with Gasteiger partial charge in [0.2, 0.25) is 0 Å². The zero-order chi connectivity index (χ0) is 41.4. The molecule has 0 bridgehead atoms. The Hall–Kier alpha value is -4.01. The number of hydrogen-bond acceptors (Lipinski definition) is 7. The average Bonchev–Trinajstić information content (AvgIpc) is 3.15. The van der Waals surface area contributed by atoms with Crippen molar-refractivity contribution < 1.29 is 38.2 Å². The zero-order valence-corrected chi connectivity index (χ0v) is 35.5. The van der Waals surface area contributed by atoms with Crippen molar-refractivity contribution in [2.75, 3.05) is 41.0 Å². The predicted molar refractivity (Wildman–Crippen MR) is 231 cm³/mol. The van der Waals surface area contributed by atoms with Gasteiger partial charge < -0.3 is 28.6 Å². The summed E-state index contributed by atoms with van der Waals surface area (Å²) in [7, 11) is 5.35. The Morgan fingerprint density at radius 2 is 1.09 bits per heavy atom. The van der Waals surface area contributed by atoms with E-state index in [9.17, 15) is 19.5 Å². The van der Waals surface area contributed by atoms with E-state index < -0.39 is 18.1 Å². The number of carbonyl (C=O) groups excluding carboxylic acids is 3. The largest absolute Gasteiger partial charge is 0.544 e. The zero-order valence-electron chi connectivity index (χ0n) is 35.5. The van der Waals surface area contributed by atoms with Crippen molar-refractivity contribution in [2.24, 2.45) is 0 Å². The first-order valence-corrected chi connectivity index (χ1v) is 21.0. The molecule has 0 aliphatic heterocycles. The van der Waals surface area contributed by atoms with Crippen LogP contribution in [0.25, 0.3) is 0 Å². The lowest BCUT2D eigenvalue weighted by atomic mass is 10.1. The second-order valence-electron chi connectivity index (χ2n) is 14.6. The fourth-order valence-electron chi connectivity index (χ4n) is 5.26. The molecular weight excluding hydrogens is 703 g/mol. The quantitative estimate of drug-likeness (QED) is 0.0208. The fraction of sp³-hybridized carbons (Fsp3) is 0.562. The van der Waals surface area contributed by atoms with Crippen LogP contribution in [0.4, 0.5) is 0 Å². The molecule has 0 saturated carbocycles. The van der Waals surface area contributed by atoms with Crippen molar-refractivity contribution in [2.45, 2.75) is 135 Å². The van der Waals surface area contributed by atoms with Crippen molar-refractivity contribution in [3.8, 4) is 0 Å². The van der Waals surface area contributed by atoms with Gasteiger partial charge in [-0.2, -0.15) is 0 Å². The molecule has 0 heterocycles. The highest BCUT2D eigenvalue weighted by molar-refractivity contribution is 5.70. The molecule has 8 nitrogen and oxygen atoms in total. The number of aliphatic carboxylic acids is 1. The standard InChI is InChI=1S/C48H75NO7/c1-6-8-10-12-14-16-18-20-22-23-25-27-29-31-33-35-37-39-47(51)56-44(42-54-41-40-45(48(52)53)49(3,4)5)43-55-46(50)38-36-34-32-30-28-26-24-21-19-17-15-13-11-9-7-2/h9,11,13-17,19-22,24-28,31,33,44-45H,6-8,10,12,18,23,29-30,32,34-43H2,1-5H3/b11-9+,15-13+,16-14+,19-17+,22-20+,24-21+,27-25+,28-26+,33-31+. The van der Waals surface area contributed by atoms with E-state index in [1.165, 1.54) is 25.7 Å². The van der Waals surface area contributed by atoms with E-state index in [0.29, 0.717) is 12.8 Å². The first kappa shape index (κ1) is 52.0. The number of quaternary nitrogens is 1. The van der Waals surface area contributed by atoms with Crippen LogP contribution in [0, 0.1) is 0 Å². The molecule has 0 radical (unpaired) electrons. The summed E-state index contributed by atoms with van der Waals surface area (Å²) in [5.41, 5.74) is 0. The second kappa shape index (κ2) is 37.9. The molecule has 0 aromatic heterocycles. The summed E-state index contributed by atoms with van der Waals surface area (Å²) in [5, 5.41) is 11.6. The maximum Gasteiger partial charge on any atom is 0.306 e. The maximum atomic E-state index is 12.7. The van der Waals surface area contributed by atoms with E-state index in [1.54, 1.807) is 21.1 Å². The molecule has 0 aliphatic rings. The summed E-state index contributed by atoms with van der Waals surface area (Å²) in [6.07, 6.45) is 51.2. The number of unbranched alkanes of at least 4 members (excludes halogenated alkanes) is 7. The van der Waals surface area contributed by atoms with Gasteiger partial charge in [0, 0.05) is 19.3 Å². The molecule has 0 spiro atoms. The van der Waals surface area contributed by atoms with Gasteiger partial charge in [-0.1, -0.05) is 142 Å². The van der Waals surface area contributed by atoms with Crippen molar-refractivity contribution in [1.82, 2.24) is 0 Å². The minimum Gasteiger partial charge on any atom is -0.544 e. The number of rotatable bonds is 35. The lowest BCUT2D eigenvalue weighted by Crippen LogP contribution is -2.55. The molecule has 0 amide bonds. The highest BCUT2D eigenvalue weighted by atomic mass is 16.6. The molecule has 0 aromatic carbocycles. The highest BCUT2D eigenvalue weighted by Gasteiger charge is 2.25. The van der Waals surface area contributed by atoms with E-state index in [-0.39, 0.29) is 55.5 Å². The van der Waals surface area contributed by atoms with E-state index in [0.717, 1.165) is 51.4 Å². The number of carboxylic acids is 1. The number of allylic oxidation sites excluding steroid dienone is 18. The molecular formula is C48H75NO7. The Bertz CT molecular complexity index is 1280. The van der Waals surface area contributed by atoms with Gasteiger partial charge in [-0.15, -0.1) is 0 Å². The number of carbonyl (C=O) groups is 3. The van der Waals surface area contributed by atoms with Gasteiger partial charge in [0.05, 0.1) is 40.3 Å². The van der Waals surface area contributed by atoms with Crippen molar-refractivity contribution in [3.63, 3.8) is 0 Å². The number of carboxylic acid groups (broad SMARTS) is 1. The molecule has 0 aromatic rings. The van der Waals surface area contributed by atoms with E-state index in [1.807, 2.05) is 48.6 Å². The lowest BCUT2D eigenvalue weighted by Gasteiger charge is -2.34. The van der Waals surface area contributed by atoms with Crippen LogP contribution in [-0.4, -0.2) is 75.5 Å². The number of ether oxygens (including phenoxy) is 3. The summed E-state index contributed by atoms with van der Waals surface area (Å²) in [4.78, 5) is 36.8. The number of hydrogen-bond donors (Lipinski definition) is 0. The number of nitrogens with zero attached hydrogens (tertiary/aromatic N) is 1. The summed E-state index contributed by atoms with van der Waals surface area (Å²) in [5.74, 6) is -1.88. The molecule has 8 heteroatoms. The third-order valence-corrected chi connectivity index (χ3v) is 8.52. The summed E-state index contributed by atoms with van der Waals surface area (Å²) in [6.45, 7) is 4.35. The molecule has 0 N–H and O–H groups in total. The Labute approximate surface area is 340 Å². The third-order valence-electron chi connectivity index (χ3n) is 8.52. The molecule has 314 valence electrons. The summed E-state index contributed by atoms with van der Waals surface area (Å²) in [6, 6.07) is -0.749. The topological polar surface area (TPSA) is 102 Å². The number of esters is 2. The summed E-state index contributed by atoms with van der Waals surface area (Å²) >= 11 is 0. The van der Waals surface area contributed by atoms with Gasteiger partial charge in [-0.25, -0.2) is 0 Å². The normalized spacial score (nSPS) is 14.1. The smallest absolute Gasteiger partial charge is 0.306 e. The molecule has 0 fully saturated rings. The minimum atomic E-state index is -1.15. The summed E-state index contributed by atoms with van der Waals surface area (Å²) < 4.78 is 17.0. The van der Waals surface area contributed by atoms with Crippen LogP contribution in [0.5, 0.6) is 0 Å². The van der Waals surface area contributed by atoms with Crippen LogP contribution < -0.4 is 5.11 Å². The Morgan fingerprint density at radius 3 is 1.66 bits per heavy atom. The van der Waals surface area contributed by atoms with Gasteiger partial charge in [-0.3, -0.25) is 9.59 Å². The van der Waals surface area contributed by atoms with Gasteiger partial charge in [0.25, 0.3) is 0 Å². The predicted octanol–water partition coefficient (Wildman–Crippen LogP) is 9.96. The van der Waals surface area contributed by atoms with Crippen molar-refractivity contribution >= 4 is 17.9 Å². The van der Waals surface area contributed by atoms with E-state index in [2.05, 4.69) is 74.6 Å². The molecule has 2 unspecified atom stereocenters. The van der Waals surface area contributed by atoms with E-state index in [4.69, 9.17) is 14.2 Å². The molecule has 0 saturated heterocycles. The molecule has 56 heavy (non-hydrogen) atoms. The molecule has 2 atom stereocenters. The second-order valence-corrected chi connectivity index (χ2v) is 14.6. The first-order chi connectivity index (χ1) is 27.1. The van der Waals surface area contributed by atoms with Crippen molar-refractivity contribution in [3.05, 3.63) is 109 Å². The van der Waals surface area contributed by atoms with Gasteiger partial charge >= 0.3 is 11.9 Å². The lowest BCUT2D eigenvalue weighted by molar-refractivity contribution is -0.889. The Kier molecular flexibility index (Phi) is 35.2. The number of likely N-dealkylation sites (N-methyl/N-ethyl adjacent to an activating group) is 1. The highest BCUT2D eigenvalue weighted by Crippen LogP contribution is 2.10. The minimum absolute atomic E-state index is 0.00329. The first-order valence-electron chi connectivity index (χ1n) is 21.0. The van der Waals surface area contributed by atoms with Crippen LogP contribution in [0.1, 0.15) is 123 Å². The maximum absolute atomic E-state index is 12.7. The van der Waals surface area contributed by atoms with Crippen LogP contribution in [-0.2, 0) is 28.6 Å². The Balaban J connectivity index is 4.59. The van der Waals surface area contributed by atoms with Gasteiger partial charge in [-0.05, 0) is 70.6 Å². The SMILES string of the molecule is CC/C=C/C=C/C=C/C=C/C=C/CCCCCC(=O)OCC(COCCC(C(=O)[O-])[N+](C)(C)C)OC(=O)CCC/C=C/C/C=C/C/C=C/C/C=C/CCCCC. The van der Waals surface area contributed by atoms with Gasteiger partial charge in [0.15, 0.2) is 6.10 Å². The molecule has 0 aliphatic carbocycles. The third kappa shape index (κ3) is 35.7.